The third-order valence-electron chi connectivity index (χ3n) is 5.12. The van der Waals surface area contributed by atoms with Crippen LogP contribution < -0.4 is 0 Å². The van der Waals surface area contributed by atoms with Crippen LogP contribution in [0.15, 0.2) is 42.5 Å². The molecule has 1 aromatic heterocycles. The maximum Gasteiger partial charge on any atom is 0.335 e. The summed E-state index contributed by atoms with van der Waals surface area (Å²) in [6.45, 7) is 9.10. The van der Waals surface area contributed by atoms with Crippen molar-refractivity contribution in [2.45, 2.75) is 57.2 Å². The number of carbonyl (C=O) groups is 1. The molecule has 3 atom stereocenters. The van der Waals surface area contributed by atoms with E-state index < -0.39 is 42.4 Å². The molecular formula is C24H29FNO5P. The number of nitrogens with zero attached hydrogens (tertiary/aromatic N) is 1. The highest BCUT2D eigenvalue weighted by Crippen LogP contribution is 2.50. The number of aromatic nitrogens is 1. The van der Waals surface area contributed by atoms with E-state index in [2.05, 4.69) is 16.8 Å². The first kappa shape index (κ1) is 25.7. The molecule has 0 spiro atoms. The monoisotopic (exact) mass is 461 g/mol. The number of aliphatic hydroxyl groups is 1. The fraction of sp³-hybridized carbons (Fsp3) is 0.417. The highest BCUT2D eigenvalue weighted by molar-refractivity contribution is 7.42. The molecule has 0 fully saturated rings. The SMILES string of the molecule is CC(C)C#CC(C(=O)O)([PH](=O)O)C(O)(Cc1ccc(F)cc1)c1cccc(C(C)(C)C)n1. The molecule has 172 valence electrons. The van der Waals surface area contributed by atoms with Crippen LogP contribution >= 0.6 is 8.03 Å². The van der Waals surface area contributed by atoms with Gasteiger partial charge < -0.3 is 15.1 Å². The molecule has 0 aliphatic heterocycles. The smallest absolute Gasteiger partial charge is 0.335 e. The molecule has 0 aliphatic rings. The van der Waals surface area contributed by atoms with Gasteiger partial charge in [-0.15, -0.1) is 0 Å². The zero-order chi connectivity index (χ0) is 24.3. The van der Waals surface area contributed by atoms with Crippen LogP contribution in [0.25, 0.3) is 0 Å². The maximum atomic E-state index is 13.5. The average molecular weight is 461 g/mol. The molecule has 6 nitrogen and oxygen atoms in total. The van der Waals surface area contributed by atoms with E-state index in [1.165, 1.54) is 30.3 Å². The molecule has 0 amide bonds. The van der Waals surface area contributed by atoms with Gasteiger partial charge in [0.2, 0.25) is 13.2 Å². The predicted octanol–water partition coefficient (Wildman–Crippen LogP) is 3.90. The van der Waals surface area contributed by atoms with Crippen molar-refractivity contribution in [3.63, 3.8) is 0 Å². The van der Waals surface area contributed by atoms with E-state index in [0.717, 1.165) is 0 Å². The molecule has 0 aliphatic carbocycles. The summed E-state index contributed by atoms with van der Waals surface area (Å²) in [5.41, 5.74) is -2.10. The number of benzene rings is 1. The second-order valence-electron chi connectivity index (χ2n) is 9.11. The van der Waals surface area contributed by atoms with Gasteiger partial charge in [0.25, 0.3) is 0 Å². The molecule has 2 aromatic rings. The highest BCUT2D eigenvalue weighted by atomic mass is 31.1. The second kappa shape index (κ2) is 9.54. The van der Waals surface area contributed by atoms with Gasteiger partial charge in [-0.25, -0.2) is 9.18 Å². The fourth-order valence-corrected chi connectivity index (χ4v) is 4.24. The third kappa shape index (κ3) is 5.10. The Bertz CT molecular complexity index is 1050. The minimum absolute atomic E-state index is 0.0953. The summed E-state index contributed by atoms with van der Waals surface area (Å²) in [4.78, 5) is 27.3. The number of carboxylic acids is 1. The average Bonchev–Trinajstić information content (AvgIpc) is 2.69. The lowest BCUT2D eigenvalue weighted by molar-refractivity contribution is -0.146. The molecule has 8 heteroatoms. The Labute approximate surface area is 188 Å². The lowest BCUT2D eigenvalue weighted by Gasteiger charge is -2.39. The molecule has 0 bridgehead atoms. The van der Waals surface area contributed by atoms with Crippen LogP contribution in [0.3, 0.4) is 0 Å². The van der Waals surface area contributed by atoms with Crippen molar-refractivity contribution in [2.75, 3.05) is 0 Å². The zero-order valence-corrected chi connectivity index (χ0v) is 19.8. The summed E-state index contributed by atoms with van der Waals surface area (Å²) in [6.07, 6.45) is -0.413. The molecule has 0 radical (unpaired) electrons. The summed E-state index contributed by atoms with van der Waals surface area (Å²) in [5, 5.41) is 19.4. The number of hydrogen-bond donors (Lipinski definition) is 3. The van der Waals surface area contributed by atoms with E-state index in [4.69, 9.17) is 0 Å². The summed E-state index contributed by atoms with van der Waals surface area (Å²) < 4.78 is 26.1. The molecule has 0 saturated heterocycles. The number of rotatable bonds is 6. The van der Waals surface area contributed by atoms with Crippen molar-refractivity contribution in [2.24, 2.45) is 5.92 Å². The summed E-state index contributed by atoms with van der Waals surface area (Å²) in [7, 11) is -3.99. The van der Waals surface area contributed by atoms with E-state index in [-0.39, 0.29) is 11.6 Å². The summed E-state index contributed by atoms with van der Waals surface area (Å²) >= 11 is 0. The molecule has 2 rings (SSSR count). The van der Waals surface area contributed by atoms with Gasteiger partial charge in [0, 0.05) is 23.4 Å². The first-order valence-electron chi connectivity index (χ1n) is 10.2. The Morgan fingerprint density at radius 1 is 1.12 bits per heavy atom. The molecule has 0 saturated carbocycles. The number of aliphatic carboxylic acids is 1. The van der Waals surface area contributed by atoms with Crippen molar-refractivity contribution in [3.8, 4) is 11.8 Å². The van der Waals surface area contributed by atoms with Gasteiger partial charge in [0.05, 0.1) is 5.69 Å². The van der Waals surface area contributed by atoms with Gasteiger partial charge in [0.15, 0.2) is 0 Å². The minimum Gasteiger partial charge on any atom is -0.480 e. The van der Waals surface area contributed by atoms with Gasteiger partial charge in [0.1, 0.15) is 11.4 Å². The fourth-order valence-electron chi connectivity index (χ4n) is 3.30. The largest absolute Gasteiger partial charge is 0.480 e. The van der Waals surface area contributed by atoms with Crippen molar-refractivity contribution < 1.29 is 28.9 Å². The van der Waals surface area contributed by atoms with E-state index in [1.54, 1.807) is 26.0 Å². The predicted molar refractivity (Wildman–Crippen MR) is 121 cm³/mol. The van der Waals surface area contributed by atoms with Crippen LogP contribution in [-0.4, -0.2) is 31.2 Å². The molecule has 3 unspecified atom stereocenters. The van der Waals surface area contributed by atoms with Gasteiger partial charge in [-0.3, -0.25) is 9.55 Å². The van der Waals surface area contributed by atoms with Gasteiger partial charge in [-0.1, -0.05) is 64.7 Å². The molecule has 1 aromatic carbocycles. The van der Waals surface area contributed by atoms with Crippen LogP contribution in [0.5, 0.6) is 0 Å². The van der Waals surface area contributed by atoms with Crippen LogP contribution in [-0.2, 0) is 26.8 Å². The molecule has 32 heavy (non-hydrogen) atoms. The molecular weight excluding hydrogens is 432 g/mol. The summed E-state index contributed by atoms with van der Waals surface area (Å²) in [5.74, 6) is 2.52. The molecule has 1 heterocycles. The number of halogens is 1. The second-order valence-corrected chi connectivity index (χ2v) is 10.5. The Kier molecular flexibility index (Phi) is 7.67. The minimum atomic E-state index is -3.99. The van der Waals surface area contributed by atoms with Gasteiger partial charge >= 0.3 is 5.97 Å². The molecule has 3 N–H and O–H groups in total. The van der Waals surface area contributed by atoms with Crippen LogP contribution in [0.4, 0.5) is 4.39 Å². The normalized spacial score (nSPS) is 16.4. The number of carboxylic acid groups (broad SMARTS) is 1. The van der Waals surface area contributed by atoms with Crippen LogP contribution in [0.2, 0.25) is 0 Å². The van der Waals surface area contributed by atoms with Crippen molar-refractivity contribution in [3.05, 3.63) is 65.2 Å². The maximum absolute atomic E-state index is 13.5. The lowest BCUT2D eigenvalue weighted by Crippen LogP contribution is -2.56. The quantitative estimate of drug-likeness (QED) is 0.445. The van der Waals surface area contributed by atoms with Gasteiger partial charge in [-0.2, -0.15) is 0 Å². The van der Waals surface area contributed by atoms with Crippen molar-refractivity contribution in [1.29, 1.82) is 0 Å². The van der Waals surface area contributed by atoms with E-state index in [9.17, 15) is 28.9 Å². The Balaban J connectivity index is 2.91. The van der Waals surface area contributed by atoms with Gasteiger partial charge in [-0.05, 0) is 29.8 Å². The van der Waals surface area contributed by atoms with E-state index >= 15 is 0 Å². The van der Waals surface area contributed by atoms with Crippen LogP contribution in [0.1, 0.15) is 51.6 Å². The standard InChI is InChI=1S/C24H29FNO5P/c1-16(2)13-14-24(21(27)28,32(30)31)23(29,15-17-9-11-18(25)12-10-17)20-8-6-7-19(26-20)22(3,4)5/h6-12,16,29,32H,15H2,1-5H3,(H,27,28)(H,30,31). The van der Waals surface area contributed by atoms with Crippen molar-refractivity contribution >= 4 is 14.0 Å². The Hall–Kier alpha value is -2.52. The number of pyridine rings is 1. The van der Waals surface area contributed by atoms with E-state index in [1.807, 2.05) is 20.8 Å². The Morgan fingerprint density at radius 3 is 2.16 bits per heavy atom. The number of hydrogen-bond acceptors (Lipinski definition) is 4. The summed E-state index contributed by atoms with van der Waals surface area (Å²) in [6, 6.07) is 9.84. The Morgan fingerprint density at radius 2 is 1.69 bits per heavy atom. The first-order valence-corrected chi connectivity index (χ1v) is 11.5. The third-order valence-corrected chi connectivity index (χ3v) is 6.52. The van der Waals surface area contributed by atoms with E-state index in [0.29, 0.717) is 11.3 Å². The lowest BCUT2D eigenvalue weighted by atomic mass is 9.77. The highest BCUT2D eigenvalue weighted by Gasteiger charge is 2.62. The van der Waals surface area contributed by atoms with Crippen molar-refractivity contribution in [1.82, 2.24) is 4.98 Å². The van der Waals surface area contributed by atoms with Crippen LogP contribution in [0, 0.1) is 23.6 Å². The topological polar surface area (TPSA) is 108 Å². The first-order chi connectivity index (χ1) is 14.7. The zero-order valence-electron chi connectivity index (χ0n) is 18.8.